The van der Waals surface area contributed by atoms with Crippen LogP contribution < -0.4 is 10.2 Å². The van der Waals surface area contributed by atoms with Gasteiger partial charge in [-0.25, -0.2) is 9.97 Å². The smallest absolute Gasteiger partial charge is 0.254 e. The zero-order valence-corrected chi connectivity index (χ0v) is 23.9. The number of nitrogens with one attached hydrogen (secondary N) is 1. The maximum absolute atomic E-state index is 13.4. The van der Waals surface area contributed by atoms with E-state index in [4.69, 9.17) is 4.98 Å². The van der Waals surface area contributed by atoms with Crippen LogP contribution in [0.5, 0.6) is 0 Å². The number of hydrogen-bond donors (Lipinski definition) is 1. The third-order valence-corrected chi connectivity index (χ3v) is 8.43. The number of piperazine rings is 1. The third-order valence-electron chi connectivity index (χ3n) is 8.43. The van der Waals surface area contributed by atoms with Gasteiger partial charge in [0.25, 0.3) is 5.91 Å². The first-order valence-electron chi connectivity index (χ1n) is 14.8. The lowest BCUT2D eigenvalue weighted by Gasteiger charge is -2.36. The van der Waals surface area contributed by atoms with Crippen molar-refractivity contribution in [3.63, 3.8) is 0 Å². The molecule has 1 aliphatic heterocycles. The maximum Gasteiger partial charge on any atom is 0.254 e. The SMILES string of the molecule is N#CCC(C1CCCC1)n1cc(-c2ccnc(Nc3cccc(C(=O)N4CCN(c5ccccc5C#N)CC4)c3)n2)cn1. The highest BCUT2D eigenvalue weighted by atomic mass is 16.2. The Morgan fingerprint density at radius 3 is 2.63 bits per heavy atom. The Hall–Kier alpha value is -5.22. The molecule has 6 rings (SSSR count). The second-order valence-electron chi connectivity index (χ2n) is 11.1. The van der Waals surface area contributed by atoms with E-state index >= 15 is 0 Å². The van der Waals surface area contributed by atoms with Crippen molar-refractivity contribution in [3.8, 4) is 23.4 Å². The number of hydrogen-bond acceptors (Lipinski definition) is 8. The molecule has 0 bridgehead atoms. The topological polar surface area (TPSA) is 127 Å². The molecule has 43 heavy (non-hydrogen) atoms. The standard InChI is InChI=1S/C33H33N9O/c34-14-12-31(24-6-1-2-7-24)42-23-27(22-37-42)29-13-15-36-33(39-29)38-28-10-5-9-25(20-28)32(43)41-18-16-40(17-19-41)30-11-4-3-8-26(30)21-35/h3-5,8-11,13,15,20,22-24,31H,1-2,6-7,12,16-19H2,(H,36,38,39). The molecule has 3 heterocycles. The zero-order valence-electron chi connectivity index (χ0n) is 23.9. The molecule has 216 valence electrons. The molecule has 4 aromatic rings. The Morgan fingerprint density at radius 2 is 1.84 bits per heavy atom. The molecule has 10 heteroatoms. The summed E-state index contributed by atoms with van der Waals surface area (Å²) in [5, 5.41) is 26.7. The fraction of sp³-hybridized carbons (Fsp3) is 0.333. The van der Waals surface area contributed by atoms with E-state index in [1.165, 1.54) is 12.8 Å². The number of carbonyl (C=O) groups excluding carboxylic acids is 1. The molecule has 0 spiro atoms. The molecule has 1 unspecified atom stereocenters. The molecule has 1 saturated heterocycles. The second-order valence-corrected chi connectivity index (χ2v) is 11.1. The molecule has 0 radical (unpaired) electrons. The van der Waals surface area contributed by atoms with Crippen LogP contribution in [0.4, 0.5) is 17.3 Å². The fourth-order valence-corrected chi connectivity index (χ4v) is 6.18. The monoisotopic (exact) mass is 571 g/mol. The summed E-state index contributed by atoms with van der Waals surface area (Å²) in [5.74, 6) is 0.867. The van der Waals surface area contributed by atoms with Crippen molar-refractivity contribution in [3.05, 3.63) is 84.3 Å². The number of nitriles is 2. The Labute approximate surface area is 251 Å². The number of aromatic nitrogens is 4. The highest BCUT2D eigenvalue weighted by Crippen LogP contribution is 2.36. The van der Waals surface area contributed by atoms with Crippen molar-refractivity contribution in [2.45, 2.75) is 38.1 Å². The minimum absolute atomic E-state index is 0.0341. The summed E-state index contributed by atoms with van der Waals surface area (Å²) < 4.78 is 1.93. The van der Waals surface area contributed by atoms with Gasteiger partial charge in [0.1, 0.15) is 6.07 Å². The maximum atomic E-state index is 13.4. The Bertz CT molecular complexity index is 1670. The Balaban J connectivity index is 1.11. The van der Waals surface area contributed by atoms with E-state index in [1.807, 2.05) is 70.4 Å². The van der Waals surface area contributed by atoms with E-state index < -0.39 is 0 Å². The van der Waals surface area contributed by atoms with Crippen LogP contribution in [0.2, 0.25) is 0 Å². The van der Waals surface area contributed by atoms with Gasteiger partial charge < -0.3 is 15.1 Å². The Kier molecular flexibility index (Phi) is 8.28. The van der Waals surface area contributed by atoms with E-state index in [0.29, 0.717) is 55.6 Å². The number of amides is 1. The van der Waals surface area contributed by atoms with Crippen molar-refractivity contribution in [2.24, 2.45) is 5.92 Å². The van der Waals surface area contributed by atoms with Crippen LogP contribution in [0.25, 0.3) is 11.3 Å². The minimum atomic E-state index is -0.0341. The Morgan fingerprint density at radius 1 is 1.02 bits per heavy atom. The predicted molar refractivity (Wildman–Crippen MR) is 163 cm³/mol. The van der Waals surface area contributed by atoms with Gasteiger partial charge in [0.15, 0.2) is 0 Å². The van der Waals surface area contributed by atoms with Crippen molar-refractivity contribution in [2.75, 3.05) is 36.4 Å². The van der Waals surface area contributed by atoms with Crippen LogP contribution in [-0.4, -0.2) is 56.7 Å². The molecular formula is C33H33N9O. The molecule has 1 aliphatic carbocycles. The molecule has 1 atom stereocenters. The summed E-state index contributed by atoms with van der Waals surface area (Å²) in [4.78, 5) is 26.5. The van der Waals surface area contributed by atoms with E-state index in [0.717, 1.165) is 35.5 Å². The minimum Gasteiger partial charge on any atom is -0.367 e. The predicted octanol–water partition coefficient (Wildman–Crippen LogP) is 5.56. The first kappa shape index (κ1) is 27.9. The van der Waals surface area contributed by atoms with Gasteiger partial charge in [0.2, 0.25) is 5.95 Å². The number of nitrogens with zero attached hydrogens (tertiary/aromatic N) is 8. The van der Waals surface area contributed by atoms with Gasteiger partial charge in [-0.15, -0.1) is 0 Å². The van der Waals surface area contributed by atoms with Crippen LogP contribution in [0.3, 0.4) is 0 Å². The van der Waals surface area contributed by atoms with Crippen LogP contribution in [0, 0.1) is 28.6 Å². The lowest BCUT2D eigenvalue weighted by Crippen LogP contribution is -2.49. The van der Waals surface area contributed by atoms with Crippen molar-refractivity contribution >= 4 is 23.2 Å². The van der Waals surface area contributed by atoms with Gasteiger partial charge >= 0.3 is 0 Å². The van der Waals surface area contributed by atoms with Gasteiger partial charge in [0, 0.05) is 55.4 Å². The van der Waals surface area contributed by atoms with E-state index in [-0.39, 0.29) is 11.9 Å². The number of anilines is 3. The lowest BCUT2D eigenvalue weighted by molar-refractivity contribution is 0.0747. The summed E-state index contributed by atoms with van der Waals surface area (Å²) in [6, 6.07) is 21.5. The third kappa shape index (κ3) is 6.19. The van der Waals surface area contributed by atoms with Crippen molar-refractivity contribution < 1.29 is 4.79 Å². The van der Waals surface area contributed by atoms with E-state index in [2.05, 4.69) is 32.4 Å². The zero-order chi connectivity index (χ0) is 29.6. The first-order valence-corrected chi connectivity index (χ1v) is 14.8. The molecule has 1 amide bonds. The summed E-state index contributed by atoms with van der Waals surface area (Å²) >= 11 is 0. The number of carbonyl (C=O) groups is 1. The van der Waals surface area contributed by atoms with Crippen LogP contribution >= 0.6 is 0 Å². The fourth-order valence-electron chi connectivity index (χ4n) is 6.18. The van der Waals surface area contributed by atoms with Crippen molar-refractivity contribution in [1.29, 1.82) is 10.5 Å². The van der Waals surface area contributed by atoms with Crippen molar-refractivity contribution in [1.82, 2.24) is 24.6 Å². The molecule has 2 aromatic carbocycles. The average molecular weight is 572 g/mol. The molecule has 10 nitrogen and oxygen atoms in total. The number of benzene rings is 2. The van der Waals surface area contributed by atoms with Gasteiger partial charge in [-0.3, -0.25) is 9.48 Å². The van der Waals surface area contributed by atoms with Gasteiger partial charge in [-0.2, -0.15) is 15.6 Å². The second kappa shape index (κ2) is 12.7. The van der Waals surface area contributed by atoms with Gasteiger partial charge in [0.05, 0.1) is 41.7 Å². The number of rotatable bonds is 8. The molecule has 1 saturated carbocycles. The summed E-state index contributed by atoms with van der Waals surface area (Å²) in [5.41, 5.74) is 4.46. The normalized spacial score (nSPS) is 16.0. The quantitative estimate of drug-likeness (QED) is 0.291. The summed E-state index contributed by atoms with van der Waals surface area (Å²) in [6.45, 7) is 2.48. The summed E-state index contributed by atoms with van der Waals surface area (Å²) in [7, 11) is 0. The lowest BCUT2D eigenvalue weighted by atomic mass is 9.96. The van der Waals surface area contributed by atoms with E-state index in [9.17, 15) is 15.3 Å². The number of para-hydroxylation sites is 1. The molecule has 1 N–H and O–H groups in total. The molecule has 2 aromatic heterocycles. The molecule has 2 aliphatic rings. The van der Waals surface area contributed by atoms with E-state index in [1.54, 1.807) is 12.4 Å². The molecule has 2 fully saturated rings. The highest BCUT2D eigenvalue weighted by molar-refractivity contribution is 5.95. The van der Waals surface area contributed by atoms with Crippen LogP contribution in [0.15, 0.2) is 73.2 Å². The van der Waals surface area contributed by atoms with Crippen LogP contribution in [0.1, 0.15) is 54.1 Å². The summed E-state index contributed by atoms with van der Waals surface area (Å²) in [6.07, 6.45) is 10.6. The van der Waals surface area contributed by atoms with Gasteiger partial charge in [-0.1, -0.05) is 31.0 Å². The first-order chi connectivity index (χ1) is 21.1. The average Bonchev–Trinajstić information content (AvgIpc) is 3.77. The highest BCUT2D eigenvalue weighted by Gasteiger charge is 2.27. The van der Waals surface area contributed by atoms with Gasteiger partial charge in [-0.05, 0) is 55.2 Å². The molecular weight excluding hydrogens is 538 g/mol. The largest absolute Gasteiger partial charge is 0.367 e. The van der Waals surface area contributed by atoms with Crippen LogP contribution in [-0.2, 0) is 0 Å².